The van der Waals surface area contributed by atoms with Crippen LogP contribution in [0.15, 0.2) is 20.1 Å². The number of Topliss-reactive ketones (excluding diaryl/α,β-unsaturated/α-hetero) is 1. The van der Waals surface area contributed by atoms with Crippen molar-refractivity contribution in [3.63, 3.8) is 0 Å². The molecule has 0 N–H and O–H groups in total. The Kier molecular flexibility index (Phi) is 4.17. The normalized spacial score (nSPS) is 47.8. The second-order valence-corrected chi connectivity index (χ2v) is 9.02. The lowest BCUT2D eigenvalue weighted by molar-refractivity contribution is -0.218. The monoisotopic (exact) mass is 478 g/mol. The molecule has 0 aromatic carbocycles. The van der Waals surface area contributed by atoms with Gasteiger partial charge in [-0.1, -0.05) is 46.4 Å². The quantitative estimate of drug-likeness (QED) is 0.417. The lowest BCUT2D eigenvalue weighted by atomic mass is 9.82. The van der Waals surface area contributed by atoms with Gasteiger partial charge in [-0.15, -0.1) is 46.4 Å². The Balaban J connectivity index is 2.56. The van der Waals surface area contributed by atoms with Gasteiger partial charge in [0, 0.05) is 14.2 Å². The lowest BCUT2D eigenvalue weighted by Gasteiger charge is -2.43. The van der Waals surface area contributed by atoms with Gasteiger partial charge in [0.05, 0.1) is 15.1 Å². The van der Waals surface area contributed by atoms with Crippen LogP contribution in [0.1, 0.15) is 0 Å². The van der Waals surface area contributed by atoms with Gasteiger partial charge in [-0.25, -0.2) is 0 Å². The summed E-state index contributed by atoms with van der Waals surface area (Å²) in [4.78, 5) is 4.47. The maximum atomic E-state index is 12.8. The Labute approximate surface area is 171 Å². The number of halogens is 8. The number of methoxy groups -OCH3 is 2. The molecule has 0 amide bonds. The van der Waals surface area contributed by atoms with E-state index >= 15 is 0 Å². The summed E-state index contributed by atoms with van der Waals surface area (Å²) in [6.07, 6.45) is 0. The Morgan fingerprint density at radius 1 is 0.696 bits per heavy atom. The first-order chi connectivity index (χ1) is 10.4. The van der Waals surface area contributed by atoms with Crippen LogP contribution in [0.25, 0.3) is 0 Å². The molecule has 0 aromatic rings. The third kappa shape index (κ3) is 1.37. The van der Waals surface area contributed by atoms with Gasteiger partial charge in [0.2, 0.25) is 11.6 Å². The fraction of sp³-hybridized carbons (Fsp3) is 0.583. The fourth-order valence-electron chi connectivity index (χ4n) is 3.72. The van der Waals surface area contributed by atoms with Crippen LogP contribution in [-0.4, -0.2) is 45.3 Å². The zero-order valence-electron chi connectivity index (χ0n) is 11.2. The average Bonchev–Trinajstić information content (AvgIpc) is 2.82. The molecule has 11 heteroatoms. The molecular weight excluding hydrogens is 476 g/mol. The number of rotatable bonds is 2. The summed E-state index contributed by atoms with van der Waals surface area (Å²) in [5.41, 5.74) is 0. The van der Waals surface area contributed by atoms with Gasteiger partial charge >= 0.3 is 0 Å². The predicted octanol–water partition coefficient (Wildman–Crippen LogP) is 4.87. The summed E-state index contributed by atoms with van der Waals surface area (Å²) in [7, 11) is 2.48. The highest BCUT2D eigenvalue weighted by atomic mass is 35.5. The zero-order valence-corrected chi connectivity index (χ0v) is 17.3. The molecule has 0 saturated heterocycles. The van der Waals surface area contributed by atoms with Crippen LogP contribution in [0.4, 0.5) is 0 Å². The Hall–Kier alpha value is 1.39. The number of carbonyl (C=O) groups excluding carboxylic acids is 1. The van der Waals surface area contributed by atoms with Crippen molar-refractivity contribution in [3.8, 4) is 0 Å². The van der Waals surface area contributed by atoms with Crippen LogP contribution in [-0.2, 0) is 14.3 Å². The van der Waals surface area contributed by atoms with Crippen molar-refractivity contribution in [3.05, 3.63) is 20.1 Å². The van der Waals surface area contributed by atoms with Gasteiger partial charge in [-0.3, -0.25) is 4.79 Å². The lowest BCUT2D eigenvalue weighted by Crippen LogP contribution is -2.62. The van der Waals surface area contributed by atoms with Crippen LogP contribution in [0.3, 0.4) is 0 Å². The van der Waals surface area contributed by atoms with E-state index in [2.05, 4.69) is 0 Å². The molecule has 0 aliphatic heterocycles. The number of ketones is 1. The molecule has 0 heterocycles. The van der Waals surface area contributed by atoms with Crippen molar-refractivity contribution in [1.82, 2.24) is 0 Å². The molecule has 0 spiro atoms. The Morgan fingerprint density at radius 3 is 1.48 bits per heavy atom. The van der Waals surface area contributed by atoms with E-state index < -0.39 is 36.1 Å². The van der Waals surface area contributed by atoms with E-state index in [1.165, 1.54) is 14.2 Å². The first-order valence-electron chi connectivity index (χ1n) is 5.94. The van der Waals surface area contributed by atoms with Gasteiger partial charge in [0.15, 0.2) is 14.6 Å². The van der Waals surface area contributed by atoms with Crippen LogP contribution >= 0.6 is 92.8 Å². The van der Waals surface area contributed by atoms with E-state index in [0.29, 0.717) is 0 Å². The number of hydrogen-bond donors (Lipinski definition) is 0. The molecule has 3 aliphatic carbocycles. The summed E-state index contributed by atoms with van der Waals surface area (Å²) in [5, 5.41) is -1.12. The highest BCUT2D eigenvalue weighted by Gasteiger charge is 2.99. The molecule has 23 heavy (non-hydrogen) atoms. The Bertz CT molecular complexity index is 715. The smallest absolute Gasteiger partial charge is 0.221 e. The van der Waals surface area contributed by atoms with Gasteiger partial charge in [-0.05, 0) is 0 Å². The summed E-state index contributed by atoms with van der Waals surface area (Å²) >= 11 is 51.6. The second-order valence-electron chi connectivity index (χ2n) is 5.24. The van der Waals surface area contributed by atoms with Crippen molar-refractivity contribution in [2.24, 2.45) is 0 Å². The standard InChI is InChI=1S/C12H6Cl8O3/c1-22-12(23-2)9(18)5(15)6(16)10(12,19)11(20)7(21)3(13)4(14)8(9,11)17/h1-2H3/t8-,9-,10+,11+/m0/s1. The first-order valence-corrected chi connectivity index (χ1v) is 8.96. The minimum Gasteiger partial charge on any atom is -0.349 e. The SMILES string of the molecule is COC1(OC)[C@]2(Cl)C(Cl)=C(Cl)[C@@]1(Cl)[C@@]1(Cl)C(=O)C(Cl)=C(Cl)[C@@]12Cl. The molecular formula is C12H6Cl8O3. The van der Waals surface area contributed by atoms with Crippen molar-refractivity contribution >= 4 is 98.6 Å². The topological polar surface area (TPSA) is 35.5 Å². The number of ether oxygens (including phenoxy) is 2. The molecule has 0 radical (unpaired) electrons. The van der Waals surface area contributed by atoms with E-state index in [1.54, 1.807) is 0 Å². The number of alkyl halides is 4. The van der Waals surface area contributed by atoms with Gasteiger partial charge in [0.25, 0.3) is 0 Å². The van der Waals surface area contributed by atoms with Gasteiger partial charge in [-0.2, -0.15) is 0 Å². The molecule has 2 bridgehead atoms. The third-order valence-electron chi connectivity index (χ3n) is 4.71. The fourth-order valence-corrected chi connectivity index (χ4v) is 8.06. The molecule has 128 valence electrons. The summed E-state index contributed by atoms with van der Waals surface area (Å²) in [6.45, 7) is 0. The van der Waals surface area contributed by atoms with Crippen molar-refractivity contribution in [2.75, 3.05) is 14.2 Å². The Morgan fingerprint density at radius 2 is 1.09 bits per heavy atom. The maximum absolute atomic E-state index is 12.8. The highest BCUT2D eigenvalue weighted by Crippen LogP contribution is 2.83. The van der Waals surface area contributed by atoms with E-state index in [-0.39, 0.29) is 15.1 Å². The number of carbonyl (C=O) groups is 1. The second kappa shape index (κ2) is 5.01. The van der Waals surface area contributed by atoms with E-state index in [0.717, 1.165) is 0 Å². The highest BCUT2D eigenvalue weighted by molar-refractivity contribution is 6.70. The molecule has 1 saturated carbocycles. The zero-order chi connectivity index (χ0) is 17.8. The summed E-state index contributed by atoms with van der Waals surface area (Å²) in [5.74, 6) is -2.83. The summed E-state index contributed by atoms with van der Waals surface area (Å²) in [6, 6.07) is 0. The third-order valence-corrected chi connectivity index (χ3v) is 10.2. The number of allylic oxidation sites excluding steroid dienone is 2. The van der Waals surface area contributed by atoms with E-state index in [9.17, 15) is 4.79 Å². The maximum Gasteiger partial charge on any atom is 0.221 e. The van der Waals surface area contributed by atoms with Crippen LogP contribution in [0.5, 0.6) is 0 Å². The van der Waals surface area contributed by atoms with Crippen molar-refractivity contribution in [2.45, 2.75) is 25.3 Å². The minimum atomic E-state index is -2.18. The molecule has 3 nitrogen and oxygen atoms in total. The largest absolute Gasteiger partial charge is 0.349 e. The van der Waals surface area contributed by atoms with Crippen LogP contribution < -0.4 is 0 Å². The summed E-state index contributed by atoms with van der Waals surface area (Å²) < 4.78 is 10.9. The first kappa shape index (κ1) is 19.2. The molecule has 1 fully saturated rings. The number of fused-ring (bicyclic) bond motifs is 5. The molecule has 4 atom stereocenters. The molecule has 0 unspecified atom stereocenters. The van der Waals surface area contributed by atoms with Gasteiger partial charge in [0.1, 0.15) is 9.91 Å². The van der Waals surface area contributed by atoms with Crippen LogP contribution in [0.2, 0.25) is 0 Å². The van der Waals surface area contributed by atoms with Gasteiger partial charge < -0.3 is 9.47 Å². The van der Waals surface area contributed by atoms with Crippen LogP contribution in [0, 0.1) is 0 Å². The van der Waals surface area contributed by atoms with Crippen molar-refractivity contribution < 1.29 is 14.3 Å². The van der Waals surface area contributed by atoms with Crippen molar-refractivity contribution in [1.29, 1.82) is 0 Å². The molecule has 3 rings (SSSR count). The van der Waals surface area contributed by atoms with E-state index in [1.807, 2.05) is 0 Å². The van der Waals surface area contributed by atoms with E-state index in [4.69, 9.17) is 102 Å². The number of hydrogen-bond acceptors (Lipinski definition) is 3. The molecule has 0 aromatic heterocycles. The molecule has 3 aliphatic rings. The predicted molar refractivity (Wildman–Crippen MR) is 93.6 cm³/mol. The minimum absolute atomic E-state index is 0.192. The average molecular weight is 482 g/mol.